The van der Waals surface area contributed by atoms with E-state index < -0.39 is 0 Å². The van der Waals surface area contributed by atoms with Crippen LogP contribution in [0.1, 0.15) is 12.8 Å². The molecule has 1 atom stereocenters. The molecule has 0 amide bonds. The quantitative estimate of drug-likeness (QED) is 0.684. The normalized spacial score (nSPS) is 31.9. The minimum Gasteiger partial charge on any atom is -0.315 e. The fraction of sp³-hybridized carbons (Fsp3) is 1.00. The average molecular weight is 197 g/mol. The van der Waals surface area contributed by atoms with Gasteiger partial charge in [-0.1, -0.05) is 0 Å². The van der Waals surface area contributed by atoms with Gasteiger partial charge in [-0.3, -0.25) is 0 Å². The lowest BCUT2D eigenvalue weighted by atomic mass is 10.1. The van der Waals surface area contributed by atoms with Gasteiger partial charge in [0.1, 0.15) is 0 Å². The number of likely N-dealkylation sites (tertiary alicyclic amines) is 1. The number of hydrogen-bond acceptors (Lipinski definition) is 3. The Hall–Kier alpha value is -0.120. The first-order valence-corrected chi connectivity index (χ1v) is 5.96. The molecule has 0 aromatic carbocycles. The third kappa shape index (κ3) is 2.94. The van der Waals surface area contributed by atoms with Gasteiger partial charge in [-0.15, -0.1) is 0 Å². The summed E-state index contributed by atoms with van der Waals surface area (Å²) < 4.78 is 0. The summed E-state index contributed by atoms with van der Waals surface area (Å²) in [6, 6.07) is 0. The third-order valence-corrected chi connectivity index (χ3v) is 3.44. The molecular formula is C11H23N3. The summed E-state index contributed by atoms with van der Waals surface area (Å²) in [6.45, 7) is 8.88. The monoisotopic (exact) mass is 197 g/mol. The second kappa shape index (κ2) is 5.10. The van der Waals surface area contributed by atoms with Gasteiger partial charge in [0.05, 0.1) is 0 Å². The van der Waals surface area contributed by atoms with Crippen molar-refractivity contribution in [2.24, 2.45) is 5.92 Å². The standard InChI is InChI=1S/C11H23N3/c1-13-7-3-11(9-13)10-14-6-2-4-12-5-8-14/h11-12H,2-10H2,1H3. The number of rotatable bonds is 2. The lowest BCUT2D eigenvalue weighted by Gasteiger charge is -2.23. The molecule has 0 aromatic heterocycles. The maximum atomic E-state index is 3.46. The Morgan fingerprint density at radius 2 is 2.14 bits per heavy atom. The molecule has 82 valence electrons. The molecule has 14 heavy (non-hydrogen) atoms. The molecule has 1 N–H and O–H groups in total. The van der Waals surface area contributed by atoms with Gasteiger partial charge in [-0.25, -0.2) is 0 Å². The van der Waals surface area contributed by atoms with E-state index in [-0.39, 0.29) is 0 Å². The smallest absolute Gasteiger partial charge is 0.0107 e. The van der Waals surface area contributed by atoms with Gasteiger partial charge in [0.2, 0.25) is 0 Å². The van der Waals surface area contributed by atoms with E-state index in [4.69, 9.17) is 0 Å². The number of hydrogen-bond donors (Lipinski definition) is 1. The van der Waals surface area contributed by atoms with E-state index in [0.29, 0.717) is 0 Å². The molecule has 2 aliphatic heterocycles. The second-order valence-corrected chi connectivity index (χ2v) is 4.82. The molecule has 0 aromatic rings. The molecule has 2 rings (SSSR count). The fourth-order valence-electron chi connectivity index (χ4n) is 2.62. The molecule has 3 nitrogen and oxygen atoms in total. The third-order valence-electron chi connectivity index (χ3n) is 3.44. The molecule has 0 saturated carbocycles. The summed E-state index contributed by atoms with van der Waals surface area (Å²) >= 11 is 0. The molecule has 3 heteroatoms. The summed E-state index contributed by atoms with van der Waals surface area (Å²) in [5.74, 6) is 0.929. The zero-order valence-corrected chi connectivity index (χ0v) is 9.34. The van der Waals surface area contributed by atoms with Crippen molar-refractivity contribution in [3.8, 4) is 0 Å². The molecule has 0 bridgehead atoms. The number of nitrogens with one attached hydrogen (secondary N) is 1. The predicted octanol–water partition coefficient (Wildman–Crippen LogP) is 0.233. The van der Waals surface area contributed by atoms with Crippen molar-refractivity contribution < 1.29 is 0 Å². The first-order chi connectivity index (χ1) is 6.84. The van der Waals surface area contributed by atoms with E-state index in [1.54, 1.807) is 0 Å². The summed E-state index contributed by atoms with van der Waals surface area (Å²) in [6.07, 6.45) is 2.73. The summed E-state index contributed by atoms with van der Waals surface area (Å²) in [5.41, 5.74) is 0. The van der Waals surface area contributed by atoms with Gasteiger partial charge >= 0.3 is 0 Å². The van der Waals surface area contributed by atoms with E-state index in [9.17, 15) is 0 Å². The Bertz CT molecular complexity index is 164. The fourth-order valence-corrected chi connectivity index (χ4v) is 2.62. The first-order valence-electron chi connectivity index (χ1n) is 5.96. The Labute approximate surface area is 87.4 Å². The molecule has 2 saturated heterocycles. The highest BCUT2D eigenvalue weighted by molar-refractivity contribution is 4.77. The predicted molar refractivity (Wildman–Crippen MR) is 59.5 cm³/mol. The van der Waals surface area contributed by atoms with Crippen LogP contribution in [0.25, 0.3) is 0 Å². The van der Waals surface area contributed by atoms with Gasteiger partial charge in [0.25, 0.3) is 0 Å². The topological polar surface area (TPSA) is 18.5 Å². The van der Waals surface area contributed by atoms with E-state index in [2.05, 4.69) is 22.2 Å². The van der Waals surface area contributed by atoms with Crippen LogP contribution in [0.4, 0.5) is 0 Å². The van der Waals surface area contributed by atoms with Crippen molar-refractivity contribution in [2.45, 2.75) is 12.8 Å². The average Bonchev–Trinajstić information content (AvgIpc) is 2.43. The molecule has 0 spiro atoms. The maximum Gasteiger partial charge on any atom is 0.0107 e. The van der Waals surface area contributed by atoms with Gasteiger partial charge < -0.3 is 15.1 Å². The van der Waals surface area contributed by atoms with Crippen LogP contribution in [0, 0.1) is 5.92 Å². The van der Waals surface area contributed by atoms with Crippen molar-refractivity contribution in [3.63, 3.8) is 0 Å². The Kier molecular flexibility index (Phi) is 3.79. The molecule has 1 unspecified atom stereocenters. The van der Waals surface area contributed by atoms with Crippen LogP contribution >= 0.6 is 0 Å². The molecular weight excluding hydrogens is 174 g/mol. The van der Waals surface area contributed by atoms with Gasteiger partial charge in [0.15, 0.2) is 0 Å². The Morgan fingerprint density at radius 3 is 2.93 bits per heavy atom. The Balaban J connectivity index is 1.72. The minimum atomic E-state index is 0.929. The highest BCUT2D eigenvalue weighted by Gasteiger charge is 2.22. The van der Waals surface area contributed by atoms with Crippen molar-refractivity contribution in [1.82, 2.24) is 15.1 Å². The largest absolute Gasteiger partial charge is 0.315 e. The zero-order chi connectivity index (χ0) is 9.80. The number of nitrogens with zero attached hydrogens (tertiary/aromatic N) is 2. The summed E-state index contributed by atoms with van der Waals surface area (Å²) in [7, 11) is 2.24. The van der Waals surface area contributed by atoms with Crippen molar-refractivity contribution >= 4 is 0 Å². The SMILES string of the molecule is CN1CCC(CN2CCCNCC2)C1. The maximum absolute atomic E-state index is 3.46. The van der Waals surface area contributed by atoms with E-state index in [1.807, 2.05) is 0 Å². The van der Waals surface area contributed by atoms with Crippen LogP contribution in [-0.4, -0.2) is 62.7 Å². The van der Waals surface area contributed by atoms with E-state index >= 15 is 0 Å². The molecule has 2 aliphatic rings. The van der Waals surface area contributed by atoms with E-state index in [1.165, 1.54) is 58.7 Å². The van der Waals surface area contributed by atoms with Crippen molar-refractivity contribution in [1.29, 1.82) is 0 Å². The Morgan fingerprint density at radius 1 is 1.21 bits per heavy atom. The van der Waals surface area contributed by atoms with Gasteiger partial charge in [0, 0.05) is 26.2 Å². The van der Waals surface area contributed by atoms with Gasteiger partial charge in [-0.2, -0.15) is 0 Å². The summed E-state index contributed by atoms with van der Waals surface area (Å²) in [4.78, 5) is 5.10. The first kappa shape index (κ1) is 10.4. The van der Waals surface area contributed by atoms with Gasteiger partial charge in [-0.05, 0) is 45.4 Å². The molecule has 2 heterocycles. The lowest BCUT2D eigenvalue weighted by molar-refractivity contribution is 0.243. The van der Waals surface area contributed by atoms with Crippen LogP contribution in [0.15, 0.2) is 0 Å². The van der Waals surface area contributed by atoms with Crippen LogP contribution in [-0.2, 0) is 0 Å². The van der Waals surface area contributed by atoms with Crippen molar-refractivity contribution in [2.75, 3.05) is 52.9 Å². The van der Waals surface area contributed by atoms with Crippen LogP contribution in [0.2, 0.25) is 0 Å². The van der Waals surface area contributed by atoms with Crippen LogP contribution in [0.5, 0.6) is 0 Å². The summed E-state index contributed by atoms with van der Waals surface area (Å²) in [5, 5.41) is 3.46. The highest BCUT2D eigenvalue weighted by atomic mass is 15.2. The van der Waals surface area contributed by atoms with Crippen molar-refractivity contribution in [3.05, 3.63) is 0 Å². The van der Waals surface area contributed by atoms with Crippen LogP contribution < -0.4 is 5.32 Å². The second-order valence-electron chi connectivity index (χ2n) is 4.82. The highest BCUT2D eigenvalue weighted by Crippen LogP contribution is 2.15. The van der Waals surface area contributed by atoms with E-state index in [0.717, 1.165) is 5.92 Å². The minimum absolute atomic E-state index is 0.929. The zero-order valence-electron chi connectivity index (χ0n) is 9.34. The lowest BCUT2D eigenvalue weighted by Crippen LogP contribution is -2.33. The van der Waals surface area contributed by atoms with Crippen LogP contribution in [0.3, 0.4) is 0 Å². The molecule has 0 aliphatic carbocycles. The molecule has 0 radical (unpaired) electrons. The molecule has 2 fully saturated rings.